The molecular weight excluding hydrogens is 244 g/mol. The lowest BCUT2D eigenvalue weighted by Crippen LogP contribution is -2.24. The molecule has 0 saturated carbocycles. The molecule has 1 aromatic rings. The van der Waals surface area contributed by atoms with Crippen molar-refractivity contribution >= 4 is 5.97 Å². The minimum absolute atomic E-state index is 0.323. The van der Waals surface area contributed by atoms with Gasteiger partial charge in [0.2, 0.25) is 5.76 Å². The SMILES string of the molecule is CNCC1CCN(Cc2cc(C)c(C(=O)OC)o2)C1. The van der Waals surface area contributed by atoms with Gasteiger partial charge < -0.3 is 14.5 Å². The molecule has 1 unspecified atom stereocenters. The number of furan rings is 1. The first kappa shape index (κ1) is 14.1. The third-order valence-electron chi connectivity index (χ3n) is 3.58. The maximum atomic E-state index is 11.5. The molecule has 19 heavy (non-hydrogen) atoms. The van der Waals surface area contributed by atoms with E-state index in [4.69, 9.17) is 9.15 Å². The molecule has 2 rings (SSSR count). The van der Waals surface area contributed by atoms with Crippen LogP contribution in [0.15, 0.2) is 10.5 Å². The number of carbonyl (C=O) groups excluding carboxylic acids is 1. The number of hydrogen-bond donors (Lipinski definition) is 1. The first-order valence-corrected chi connectivity index (χ1v) is 6.68. The van der Waals surface area contributed by atoms with Crippen LogP contribution in [0, 0.1) is 12.8 Å². The predicted molar refractivity (Wildman–Crippen MR) is 72.1 cm³/mol. The molecule has 2 heterocycles. The number of ether oxygens (including phenoxy) is 1. The quantitative estimate of drug-likeness (QED) is 0.817. The Labute approximate surface area is 113 Å². The minimum atomic E-state index is -0.404. The number of nitrogens with one attached hydrogen (secondary N) is 1. The van der Waals surface area contributed by atoms with Crippen LogP contribution in [-0.4, -0.2) is 44.7 Å². The Balaban J connectivity index is 1.95. The number of hydrogen-bond acceptors (Lipinski definition) is 5. The van der Waals surface area contributed by atoms with Crippen LogP contribution >= 0.6 is 0 Å². The van der Waals surface area contributed by atoms with Gasteiger partial charge in [-0.3, -0.25) is 4.90 Å². The second-order valence-corrected chi connectivity index (χ2v) is 5.16. The van der Waals surface area contributed by atoms with Gasteiger partial charge in [0.25, 0.3) is 0 Å². The largest absolute Gasteiger partial charge is 0.463 e. The second-order valence-electron chi connectivity index (χ2n) is 5.16. The zero-order chi connectivity index (χ0) is 13.8. The van der Waals surface area contributed by atoms with E-state index in [0.717, 1.165) is 37.5 Å². The zero-order valence-electron chi connectivity index (χ0n) is 11.9. The van der Waals surface area contributed by atoms with Gasteiger partial charge in [0.15, 0.2) is 0 Å². The van der Waals surface area contributed by atoms with Gasteiger partial charge in [0.1, 0.15) is 5.76 Å². The molecule has 1 aliphatic rings. The number of esters is 1. The van der Waals surface area contributed by atoms with E-state index < -0.39 is 5.97 Å². The first-order chi connectivity index (χ1) is 9.13. The van der Waals surface area contributed by atoms with E-state index >= 15 is 0 Å². The average Bonchev–Trinajstić information content (AvgIpc) is 2.96. The van der Waals surface area contributed by atoms with Crippen LogP contribution < -0.4 is 5.32 Å². The second kappa shape index (κ2) is 6.21. The van der Waals surface area contributed by atoms with Gasteiger partial charge in [-0.05, 0) is 45.5 Å². The van der Waals surface area contributed by atoms with Crippen molar-refractivity contribution in [2.45, 2.75) is 19.9 Å². The van der Waals surface area contributed by atoms with Crippen molar-refractivity contribution in [3.05, 3.63) is 23.2 Å². The number of methoxy groups -OCH3 is 1. The van der Waals surface area contributed by atoms with Crippen molar-refractivity contribution in [3.8, 4) is 0 Å². The van der Waals surface area contributed by atoms with Crippen molar-refractivity contribution in [1.82, 2.24) is 10.2 Å². The summed E-state index contributed by atoms with van der Waals surface area (Å²) in [4.78, 5) is 13.8. The van der Waals surface area contributed by atoms with E-state index in [0.29, 0.717) is 11.7 Å². The first-order valence-electron chi connectivity index (χ1n) is 6.68. The Morgan fingerprint density at radius 1 is 1.63 bits per heavy atom. The van der Waals surface area contributed by atoms with E-state index in [-0.39, 0.29) is 0 Å². The highest BCUT2D eigenvalue weighted by atomic mass is 16.5. The summed E-state index contributed by atoms with van der Waals surface area (Å²) in [5.41, 5.74) is 0.841. The molecule has 0 bridgehead atoms. The molecule has 1 atom stereocenters. The van der Waals surface area contributed by atoms with E-state index in [1.165, 1.54) is 13.5 Å². The summed E-state index contributed by atoms with van der Waals surface area (Å²) in [5.74, 6) is 1.46. The average molecular weight is 266 g/mol. The molecule has 1 aliphatic heterocycles. The van der Waals surface area contributed by atoms with Gasteiger partial charge in [0, 0.05) is 12.1 Å². The number of carbonyl (C=O) groups is 1. The maximum absolute atomic E-state index is 11.5. The molecule has 5 nitrogen and oxygen atoms in total. The van der Waals surface area contributed by atoms with Crippen LogP contribution in [0.25, 0.3) is 0 Å². The van der Waals surface area contributed by atoms with Crippen molar-refractivity contribution < 1.29 is 13.9 Å². The molecule has 1 aromatic heterocycles. The van der Waals surface area contributed by atoms with Gasteiger partial charge in [-0.2, -0.15) is 0 Å². The van der Waals surface area contributed by atoms with Crippen LogP contribution in [-0.2, 0) is 11.3 Å². The molecule has 1 N–H and O–H groups in total. The molecule has 1 saturated heterocycles. The summed E-state index contributed by atoms with van der Waals surface area (Å²) in [7, 11) is 3.36. The lowest BCUT2D eigenvalue weighted by atomic mass is 10.1. The Morgan fingerprint density at radius 2 is 2.42 bits per heavy atom. The van der Waals surface area contributed by atoms with Gasteiger partial charge in [-0.1, -0.05) is 0 Å². The van der Waals surface area contributed by atoms with Crippen LogP contribution in [0.3, 0.4) is 0 Å². The predicted octanol–water partition coefficient (Wildman–Crippen LogP) is 1.42. The molecule has 0 spiro atoms. The minimum Gasteiger partial charge on any atom is -0.463 e. The van der Waals surface area contributed by atoms with E-state index in [1.54, 1.807) is 0 Å². The Morgan fingerprint density at radius 3 is 3.11 bits per heavy atom. The molecule has 0 amide bonds. The Kier molecular flexibility index (Phi) is 4.61. The maximum Gasteiger partial charge on any atom is 0.374 e. The number of nitrogens with zero attached hydrogens (tertiary/aromatic N) is 1. The summed E-state index contributed by atoms with van der Waals surface area (Å²) in [5, 5.41) is 3.22. The summed E-state index contributed by atoms with van der Waals surface area (Å²) in [6.07, 6.45) is 1.21. The number of rotatable bonds is 5. The van der Waals surface area contributed by atoms with Crippen LogP contribution in [0.2, 0.25) is 0 Å². The molecule has 0 aromatic carbocycles. The van der Waals surface area contributed by atoms with Gasteiger partial charge in [0.05, 0.1) is 13.7 Å². The lowest BCUT2D eigenvalue weighted by molar-refractivity contribution is 0.0560. The summed E-state index contributed by atoms with van der Waals surface area (Å²) in [6.45, 7) is 5.85. The Hall–Kier alpha value is -1.33. The molecule has 1 fully saturated rings. The van der Waals surface area contributed by atoms with Crippen molar-refractivity contribution in [2.75, 3.05) is 33.8 Å². The van der Waals surface area contributed by atoms with Crippen LogP contribution in [0.5, 0.6) is 0 Å². The van der Waals surface area contributed by atoms with Crippen LogP contribution in [0.1, 0.15) is 28.3 Å². The normalized spacial score (nSPS) is 19.8. The van der Waals surface area contributed by atoms with E-state index in [2.05, 4.69) is 10.2 Å². The number of likely N-dealkylation sites (tertiary alicyclic amines) is 1. The van der Waals surface area contributed by atoms with Crippen molar-refractivity contribution in [3.63, 3.8) is 0 Å². The molecule has 0 radical (unpaired) electrons. The van der Waals surface area contributed by atoms with E-state index in [1.807, 2.05) is 20.0 Å². The summed E-state index contributed by atoms with van der Waals surface area (Å²) in [6, 6.07) is 1.93. The summed E-state index contributed by atoms with van der Waals surface area (Å²) >= 11 is 0. The fourth-order valence-corrected chi connectivity index (χ4v) is 2.65. The summed E-state index contributed by atoms with van der Waals surface area (Å²) < 4.78 is 10.3. The molecule has 106 valence electrons. The molecule has 0 aliphatic carbocycles. The van der Waals surface area contributed by atoms with Crippen molar-refractivity contribution in [1.29, 1.82) is 0 Å². The zero-order valence-corrected chi connectivity index (χ0v) is 11.9. The molecule has 5 heteroatoms. The highest BCUT2D eigenvalue weighted by Gasteiger charge is 2.24. The van der Waals surface area contributed by atoms with Gasteiger partial charge in [-0.25, -0.2) is 4.79 Å². The number of aryl methyl sites for hydroxylation is 1. The topological polar surface area (TPSA) is 54.7 Å². The smallest absolute Gasteiger partial charge is 0.374 e. The lowest BCUT2D eigenvalue weighted by Gasteiger charge is -2.14. The fourth-order valence-electron chi connectivity index (χ4n) is 2.65. The highest BCUT2D eigenvalue weighted by Crippen LogP contribution is 2.21. The molecular formula is C14H22N2O3. The van der Waals surface area contributed by atoms with Gasteiger partial charge >= 0.3 is 5.97 Å². The fraction of sp³-hybridized carbons (Fsp3) is 0.643. The van der Waals surface area contributed by atoms with Gasteiger partial charge in [-0.15, -0.1) is 0 Å². The van der Waals surface area contributed by atoms with Crippen molar-refractivity contribution in [2.24, 2.45) is 5.92 Å². The Bertz CT molecular complexity index is 442. The van der Waals surface area contributed by atoms with E-state index in [9.17, 15) is 4.79 Å². The monoisotopic (exact) mass is 266 g/mol. The third-order valence-corrected chi connectivity index (χ3v) is 3.58. The standard InChI is InChI=1S/C14H22N2O3/c1-10-6-12(19-13(10)14(17)18-3)9-16-5-4-11(8-16)7-15-2/h6,11,15H,4-5,7-9H2,1-3H3. The third kappa shape index (κ3) is 3.36. The van der Waals surface area contributed by atoms with Crippen LogP contribution in [0.4, 0.5) is 0 Å². The highest BCUT2D eigenvalue weighted by molar-refractivity contribution is 5.87.